The number of benzene rings is 2. The highest BCUT2D eigenvalue weighted by atomic mass is 32.1. The van der Waals surface area contributed by atoms with Gasteiger partial charge < -0.3 is 10.4 Å². The topological polar surface area (TPSA) is 49.3 Å². The number of anilines is 1. The average Bonchev–Trinajstić information content (AvgIpc) is 3.06. The molecular formula is C19H19NO2S. The smallest absolute Gasteiger partial charge is 0.160 e. The zero-order valence-electron chi connectivity index (χ0n) is 13.1. The summed E-state index contributed by atoms with van der Waals surface area (Å²) in [6.07, 6.45) is 0.842. The lowest BCUT2D eigenvalue weighted by Gasteiger charge is -1.97. The molecule has 2 N–H and O–H groups in total. The summed E-state index contributed by atoms with van der Waals surface area (Å²) in [5, 5.41) is 12.2. The van der Waals surface area contributed by atoms with Crippen molar-refractivity contribution in [2.75, 3.05) is 12.4 Å². The summed E-state index contributed by atoms with van der Waals surface area (Å²) >= 11 is 1.44. The van der Waals surface area contributed by atoms with E-state index in [4.69, 9.17) is 5.11 Å². The van der Waals surface area contributed by atoms with Gasteiger partial charge in [-0.1, -0.05) is 17.7 Å². The number of phenols is 1. The minimum absolute atomic E-state index is 0.251. The summed E-state index contributed by atoms with van der Waals surface area (Å²) in [5.41, 5.74) is 3.48. The number of hydrogen-bond donors (Lipinski definition) is 2. The maximum atomic E-state index is 10.5. The summed E-state index contributed by atoms with van der Waals surface area (Å²) in [4.78, 5) is 12.2. The van der Waals surface area contributed by atoms with Gasteiger partial charge in [0.15, 0.2) is 6.29 Å². The number of carbonyl (C=O) groups is 1. The second-order valence-electron chi connectivity index (χ2n) is 4.98. The Morgan fingerprint density at radius 3 is 2.13 bits per heavy atom. The highest BCUT2D eigenvalue weighted by Gasteiger charge is 2.01. The van der Waals surface area contributed by atoms with Crippen LogP contribution in [0.5, 0.6) is 5.75 Å². The molecule has 3 aromatic rings. The Hall–Kier alpha value is -2.59. The van der Waals surface area contributed by atoms with Crippen molar-refractivity contribution in [3.63, 3.8) is 0 Å². The summed E-state index contributed by atoms with van der Waals surface area (Å²) < 4.78 is 0. The lowest BCUT2D eigenvalue weighted by atomic mass is 10.2. The summed E-state index contributed by atoms with van der Waals surface area (Å²) in [6.45, 7) is 2.08. The first-order valence-electron chi connectivity index (χ1n) is 7.21. The number of thiophene rings is 1. The Labute approximate surface area is 140 Å². The van der Waals surface area contributed by atoms with Gasteiger partial charge in [-0.2, -0.15) is 0 Å². The van der Waals surface area contributed by atoms with E-state index in [-0.39, 0.29) is 5.75 Å². The van der Waals surface area contributed by atoms with E-state index >= 15 is 0 Å². The number of carbonyl (C=O) groups excluding carboxylic acids is 1. The Morgan fingerprint density at radius 1 is 0.957 bits per heavy atom. The molecule has 118 valence electrons. The number of aryl methyl sites for hydroxylation is 1. The van der Waals surface area contributed by atoms with Crippen LogP contribution in [0.4, 0.5) is 5.69 Å². The van der Waals surface area contributed by atoms with Crippen molar-refractivity contribution >= 4 is 23.3 Å². The molecular weight excluding hydrogens is 306 g/mol. The number of aldehydes is 1. The number of phenolic OH excluding ortho intramolecular Hbond substituents is 1. The standard InChI is InChI=1S/C11H8O2S.C8H11N/c12-7-10-5-6-11(14-10)8-1-3-9(13)4-2-8;1-7-3-5-8(9-2)6-4-7/h1-7,13H;3-6,9H,1-2H3. The molecule has 0 amide bonds. The quantitative estimate of drug-likeness (QED) is 0.668. The molecule has 0 bridgehead atoms. The predicted molar refractivity (Wildman–Crippen MR) is 97.5 cm³/mol. The van der Waals surface area contributed by atoms with Crippen LogP contribution >= 0.6 is 11.3 Å². The van der Waals surface area contributed by atoms with Gasteiger partial charge in [-0.3, -0.25) is 4.79 Å². The number of hydrogen-bond acceptors (Lipinski definition) is 4. The molecule has 4 heteroatoms. The molecule has 0 aliphatic heterocycles. The van der Waals surface area contributed by atoms with Gasteiger partial charge in [0.25, 0.3) is 0 Å². The van der Waals surface area contributed by atoms with Gasteiger partial charge in [-0.25, -0.2) is 0 Å². The Balaban J connectivity index is 0.000000185. The molecule has 1 aromatic heterocycles. The van der Waals surface area contributed by atoms with Crippen LogP contribution in [0.2, 0.25) is 0 Å². The maximum Gasteiger partial charge on any atom is 0.160 e. The number of rotatable bonds is 3. The Bertz CT molecular complexity index is 746. The van der Waals surface area contributed by atoms with Crippen LogP contribution < -0.4 is 5.32 Å². The molecule has 0 unspecified atom stereocenters. The van der Waals surface area contributed by atoms with Crippen molar-refractivity contribution in [3.05, 3.63) is 71.1 Å². The van der Waals surface area contributed by atoms with Crippen molar-refractivity contribution in [1.29, 1.82) is 0 Å². The predicted octanol–water partition coefficient (Wildman–Crippen LogP) is 4.97. The molecule has 0 aliphatic carbocycles. The largest absolute Gasteiger partial charge is 0.508 e. The first-order chi connectivity index (χ1) is 11.1. The molecule has 3 rings (SSSR count). The second-order valence-corrected chi connectivity index (χ2v) is 6.10. The van der Waals surface area contributed by atoms with Gasteiger partial charge >= 0.3 is 0 Å². The van der Waals surface area contributed by atoms with Crippen molar-refractivity contribution in [2.24, 2.45) is 0 Å². The third-order valence-corrected chi connectivity index (χ3v) is 4.29. The van der Waals surface area contributed by atoms with E-state index in [1.807, 2.05) is 25.2 Å². The van der Waals surface area contributed by atoms with Crippen LogP contribution in [0.3, 0.4) is 0 Å². The van der Waals surface area contributed by atoms with Crippen LogP contribution in [0.1, 0.15) is 15.2 Å². The molecule has 2 aromatic carbocycles. The molecule has 1 heterocycles. The fourth-order valence-electron chi connectivity index (χ4n) is 1.92. The molecule has 0 atom stereocenters. The summed E-state index contributed by atoms with van der Waals surface area (Å²) in [7, 11) is 1.92. The lowest BCUT2D eigenvalue weighted by Crippen LogP contribution is -1.85. The highest BCUT2D eigenvalue weighted by molar-refractivity contribution is 7.17. The second kappa shape index (κ2) is 8.15. The first kappa shape index (κ1) is 16.8. The zero-order chi connectivity index (χ0) is 16.7. The van der Waals surface area contributed by atoms with E-state index in [2.05, 4.69) is 36.5 Å². The number of nitrogens with one attached hydrogen (secondary N) is 1. The van der Waals surface area contributed by atoms with Gasteiger partial charge in [0.1, 0.15) is 5.75 Å². The molecule has 0 saturated heterocycles. The van der Waals surface area contributed by atoms with E-state index < -0.39 is 0 Å². The van der Waals surface area contributed by atoms with E-state index in [0.717, 1.165) is 16.7 Å². The molecule has 3 nitrogen and oxygen atoms in total. The molecule has 0 fully saturated rings. The normalized spacial score (nSPS) is 9.65. The van der Waals surface area contributed by atoms with Gasteiger partial charge in [0.05, 0.1) is 4.88 Å². The molecule has 23 heavy (non-hydrogen) atoms. The minimum Gasteiger partial charge on any atom is -0.508 e. The Morgan fingerprint density at radius 2 is 1.61 bits per heavy atom. The lowest BCUT2D eigenvalue weighted by molar-refractivity contribution is 0.112. The fourth-order valence-corrected chi connectivity index (χ4v) is 2.75. The van der Waals surface area contributed by atoms with Crippen molar-refractivity contribution in [3.8, 4) is 16.2 Å². The van der Waals surface area contributed by atoms with Crippen LogP contribution in [0.15, 0.2) is 60.7 Å². The monoisotopic (exact) mass is 325 g/mol. The summed E-state index contributed by atoms with van der Waals surface area (Å²) in [6, 6.07) is 18.9. The third-order valence-electron chi connectivity index (χ3n) is 3.24. The SMILES string of the molecule is CNc1ccc(C)cc1.O=Cc1ccc(-c2ccc(O)cc2)s1. The fraction of sp³-hybridized carbons (Fsp3) is 0.105. The molecule has 0 radical (unpaired) electrons. The third kappa shape index (κ3) is 4.97. The Kier molecular flexibility index (Phi) is 5.94. The van der Waals surface area contributed by atoms with Crippen molar-refractivity contribution < 1.29 is 9.90 Å². The van der Waals surface area contributed by atoms with Crippen LogP contribution in [0.25, 0.3) is 10.4 Å². The van der Waals surface area contributed by atoms with Gasteiger partial charge in [0, 0.05) is 17.6 Å². The first-order valence-corrected chi connectivity index (χ1v) is 8.03. The van der Waals surface area contributed by atoms with Crippen molar-refractivity contribution in [1.82, 2.24) is 0 Å². The van der Waals surface area contributed by atoms with Gasteiger partial charge in [-0.05, 0) is 61.0 Å². The maximum absolute atomic E-state index is 10.5. The van der Waals surface area contributed by atoms with E-state index in [1.165, 1.54) is 22.6 Å². The summed E-state index contributed by atoms with van der Waals surface area (Å²) in [5.74, 6) is 0.251. The highest BCUT2D eigenvalue weighted by Crippen LogP contribution is 2.28. The zero-order valence-corrected chi connectivity index (χ0v) is 13.9. The molecule has 0 aliphatic rings. The van der Waals surface area contributed by atoms with E-state index in [0.29, 0.717) is 4.88 Å². The van der Waals surface area contributed by atoms with Crippen LogP contribution in [0, 0.1) is 6.92 Å². The van der Waals surface area contributed by atoms with Gasteiger partial charge in [0.2, 0.25) is 0 Å². The van der Waals surface area contributed by atoms with Gasteiger partial charge in [-0.15, -0.1) is 11.3 Å². The van der Waals surface area contributed by atoms with E-state index in [9.17, 15) is 4.79 Å². The van der Waals surface area contributed by atoms with Crippen molar-refractivity contribution in [2.45, 2.75) is 6.92 Å². The average molecular weight is 325 g/mol. The van der Waals surface area contributed by atoms with E-state index in [1.54, 1.807) is 18.2 Å². The van der Waals surface area contributed by atoms with Crippen LogP contribution in [-0.4, -0.2) is 18.4 Å². The minimum atomic E-state index is 0.251. The number of aromatic hydroxyl groups is 1. The van der Waals surface area contributed by atoms with Crippen LogP contribution in [-0.2, 0) is 0 Å². The molecule has 0 saturated carbocycles. The molecule has 0 spiro atoms.